The largest absolute Gasteiger partial charge is 0.383 e. The maximum absolute atomic E-state index is 14.1. The fraction of sp³-hybridized carbons (Fsp3) is 0.444. The molecule has 140 valence electrons. The molecule has 0 saturated heterocycles. The molecule has 1 fully saturated rings. The molecule has 3 rings (SSSR count). The Morgan fingerprint density at radius 2 is 2.15 bits per heavy atom. The highest BCUT2D eigenvalue weighted by molar-refractivity contribution is 7.12. The first-order chi connectivity index (χ1) is 12.6. The summed E-state index contributed by atoms with van der Waals surface area (Å²) in [6, 6.07) is 3.22. The van der Waals surface area contributed by atoms with E-state index in [0.717, 1.165) is 31.7 Å². The van der Waals surface area contributed by atoms with E-state index in [-0.39, 0.29) is 11.6 Å². The van der Waals surface area contributed by atoms with Gasteiger partial charge in [-0.2, -0.15) is 4.99 Å². The van der Waals surface area contributed by atoms with Crippen molar-refractivity contribution in [3.05, 3.63) is 40.8 Å². The van der Waals surface area contributed by atoms with Crippen molar-refractivity contribution in [2.75, 3.05) is 13.7 Å². The van der Waals surface area contributed by atoms with E-state index < -0.39 is 17.7 Å². The van der Waals surface area contributed by atoms with E-state index >= 15 is 0 Å². The summed E-state index contributed by atoms with van der Waals surface area (Å²) in [6.45, 7) is 0.908. The molecule has 1 aliphatic rings. The van der Waals surface area contributed by atoms with Crippen LogP contribution in [0.15, 0.2) is 29.4 Å². The highest BCUT2D eigenvalue weighted by Crippen LogP contribution is 2.26. The molecule has 26 heavy (non-hydrogen) atoms. The Hall–Kier alpha value is -2.06. The Bertz CT molecular complexity index is 841. The number of hydrogen-bond donors (Lipinski definition) is 1. The molecule has 0 atom stereocenters. The molecule has 0 aliphatic heterocycles. The average Bonchev–Trinajstić information content (AvgIpc) is 3.23. The number of amides is 2. The van der Waals surface area contributed by atoms with E-state index in [2.05, 4.69) is 10.3 Å². The Morgan fingerprint density at radius 3 is 2.85 bits per heavy atom. The molecule has 1 heterocycles. The second-order valence-electron chi connectivity index (χ2n) is 6.23. The molecule has 2 amide bonds. The first-order valence-electron chi connectivity index (χ1n) is 8.56. The molecule has 0 unspecified atom stereocenters. The molecule has 1 aromatic carbocycles. The van der Waals surface area contributed by atoms with E-state index in [4.69, 9.17) is 4.74 Å². The average molecular weight is 381 g/mol. The topological polar surface area (TPSA) is 55.6 Å². The summed E-state index contributed by atoms with van der Waals surface area (Å²) in [5, 5.41) is 2.91. The van der Waals surface area contributed by atoms with Crippen molar-refractivity contribution in [2.24, 2.45) is 4.99 Å². The maximum atomic E-state index is 14.1. The third-order valence-corrected chi connectivity index (χ3v) is 5.39. The number of methoxy groups -OCH3 is 1. The number of rotatable bonds is 5. The number of halogens is 2. The van der Waals surface area contributed by atoms with Crippen molar-refractivity contribution >= 4 is 17.4 Å². The van der Waals surface area contributed by atoms with E-state index in [0.29, 0.717) is 22.8 Å². The number of thiazole rings is 1. The zero-order valence-corrected chi connectivity index (χ0v) is 15.3. The van der Waals surface area contributed by atoms with Crippen molar-refractivity contribution in [1.29, 1.82) is 0 Å². The van der Waals surface area contributed by atoms with Gasteiger partial charge in [-0.15, -0.1) is 0 Å². The molecule has 2 aromatic rings. The molecule has 0 spiro atoms. The second kappa shape index (κ2) is 8.55. The lowest BCUT2D eigenvalue weighted by molar-refractivity contribution is 0.186. The number of benzene rings is 1. The number of carbonyl (C=O) groups is 1. The Morgan fingerprint density at radius 1 is 1.38 bits per heavy atom. The van der Waals surface area contributed by atoms with Crippen molar-refractivity contribution in [3.63, 3.8) is 0 Å². The van der Waals surface area contributed by atoms with Crippen molar-refractivity contribution in [1.82, 2.24) is 9.88 Å². The summed E-state index contributed by atoms with van der Waals surface area (Å²) in [7, 11) is 1.58. The number of nitrogens with one attached hydrogen (secondary N) is 1. The number of hydrogen-bond acceptors (Lipinski definition) is 3. The van der Waals surface area contributed by atoms with Gasteiger partial charge in [0, 0.05) is 37.5 Å². The quantitative estimate of drug-likeness (QED) is 0.859. The van der Waals surface area contributed by atoms with E-state index in [1.54, 1.807) is 17.9 Å². The third-order valence-electron chi connectivity index (χ3n) is 4.33. The molecule has 8 heteroatoms. The van der Waals surface area contributed by atoms with E-state index in [9.17, 15) is 13.6 Å². The monoisotopic (exact) mass is 381 g/mol. The van der Waals surface area contributed by atoms with Gasteiger partial charge in [0.25, 0.3) is 0 Å². The number of aromatic nitrogens is 1. The molecule has 0 bridgehead atoms. The fourth-order valence-corrected chi connectivity index (χ4v) is 4.04. The summed E-state index contributed by atoms with van der Waals surface area (Å²) in [5.74, 6) is -1.27. The molecule has 1 aliphatic carbocycles. The normalized spacial score (nSPS) is 15.6. The minimum absolute atomic E-state index is 0.174. The first-order valence-corrected chi connectivity index (χ1v) is 9.38. The van der Waals surface area contributed by atoms with Gasteiger partial charge < -0.3 is 14.6 Å². The molecule has 1 aromatic heterocycles. The van der Waals surface area contributed by atoms with Gasteiger partial charge >= 0.3 is 6.03 Å². The summed E-state index contributed by atoms with van der Waals surface area (Å²) < 4.78 is 34.1. The highest BCUT2D eigenvalue weighted by Gasteiger charge is 2.17. The van der Waals surface area contributed by atoms with Crippen LogP contribution in [-0.2, 0) is 11.3 Å². The van der Waals surface area contributed by atoms with Crippen LogP contribution >= 0.6 is 11.3 Å². The minimum Gasteiger partial charge on any atom is -0.383 e. The van der Waals surface area contributed by atoms with Gasteiger partial charge in [0.2, 0.25) is 0 Å². The van der Waals surface area contributed by atoms with Crippen LogP contribution in [-0.4, -0.2) is 30.4 Å². The molecule has 1 saturated carbocycles. The Labute approximate surface area is 154 Å². The van der Waals surface area contributed by atoms with Crippen LogP contribution < -0.4 is 10.1 Å². The number of carbonyl (C=O) groups excluding carboxylic acids is 1. The summed E-state index contributed by atoms with van der Waals surface area (Å²) in [6.07, 6.45) is 5.89. The van der Waals surface area contributed by atoms with Crippen molar-refractivity contribution in [3.8, 4) is 10.4 Å². The lowest BCUT2D eigenvalue weighted by Crippen LogP contribution is -2.32. The van der Waals surface area contributed by atoms with Gasteiger partial charge in [-0.05, 0) is 25.0 Å². The summed E-state index contributed by atoms with van der Waals surface area (Å²) >= 11 is 1.19. The van der Waals surface area contributed by atoms with Crippen LogP contribution in [0.2, 0.25) is 0 Å². The van der Waals surface area contributed by atoms with Gasteiger partial charge in [-0.1, -0.05) is 24.2 Å². The van der Waals surface area contributed by atoms with Gasteiger partial charge in [-0.3, -0.25) is 0 Å². The second-order valence-corrected chi connectivity index (χ2v) is 7.24. The molecular formula is C18H21F2N3O2S. The lowest BCUT2D eigenvalue weighted by atomic mass is 10.2. The Balaban J connectivity index is 1.90. The van der Waals surface area contributed by atoms with Crippen molar-refractivity contribution in [2.45, 2.75) is 38.3 Å². The van der Waals surface area contributed by atoms with Gasteiger partial charge in [0.1, 0.15) is 11.6 Å². The van der Waals surface area contributed by atoms with Gasteiger partial charge in [0.05, 0.1) is 11.5 Å². The maximum Gasteiger partial charge on any atom is 0.343 e. The smallest absolute Gasteiger partial charge is 0.343 e. The summed E-state index contributed by atoms with van der Waals surface area (Å²) in [5.41, 5.74) is 0.278. The lowest BCUT2D eigenvalue weighted by Gasteiger charge is -2.08. The third kappa shape index (κ3) is 4.56. The highest BCUT2D eigenvalue weighted by atomic mass is 32.1. The number of nitrogens with zero attached hydrogens (tertiary/aromatic N) is 2. The van der Waals surface area contributed by atoms with E-state index in [1.165, 1.54) is 23.5 Å². The minimum atomic E-state index is -0.646. The molecular weight excluding hydrogens is 360 g/mol. The molecule has 0 radical (unpaired) electrons. The van der Waals surface area contributed by atoms with E-state index in [1.807, 2.05) is 0 Å². The predicted octanol–water partition coefficient (Wildman–Crippen LogP) is 3.69. The van der Waals surface area contributed by atoms with Crippen LogP contribution in [0, 0.1) is 11.6 Å². The van der Waals surface area contributed by atoms with Gasteiger partial charge in [0.15, 0.2) is 4.80 Å². The summed E-state index contributed by atoms with van der Waals surface area (Å²) in [4.78, 5) is 17.4. The van der Waals surface area contributed by atoms with Crippen LogP contribution in [0.4, 0.5) is 13.6 Å². The van der Waals surface area contributed by atoms with Gasteiger partial charge in [-0.25, -0.2) is 13.6 Å². The zero-order valence-electron chi connectivity index (χ0n) is 14.5. The van der Waals surface area contributed by atoms with Crippen LogP contribution in [0.5, 0.6) is 0 Å². The van der Waals surface area contributed by atoms with Crippen LogP contribution in [0.25, 0.3) is 10.4 Å². The Kier molecular flexibility index (Phi) is 6.16. The first kappa shape index (κ1) is 18.7. The van der Waals surface area contributed by atoms with Crippen LogP contribution in [0.3, 0.4) is 0 Å². The SMILES string of the molecule is COCCn1cc(-c2ccc(F)cc2F)sc1=NC(=O)NC1CCCC1. The number of ether oxygens (including phenoxy) is 1. The standard InChI is InChI=1S/C18H21F2N3O2S/c1-25-9-8-23-11-16(14-7-6-12(19)10-15(14)20)26-18(23)22-17(24)21-13-4-2-3-5-13/h6-7,10-11,13H,2-5,8-9H2,1H3,(H,21,24). The predicted molar refractivity (Wildman–Crippen MR) is 95.9 cm³/mol. The van der Waals surface area contributed by atoms with Crippen molar-refractivity contribution < 1.29 is 18.3 Å². The molecule has 5 nitrogen and oxygen atoms in total. The fourth-order valence-electron chi connectivity index (χ4n) is 2.99. The van der Waals surface area contributed by atoms with Crippen LogP contribution in [0.1, 0.15) is 25.7 Å². The zero-order chi connectivity index (χ0) is 18.5. The number of urea groups is 1. The molecule has 1 N–H and O–H groups in total.